The molecule has 1 saturated carbocycles. The van der Waals surface area contributed by atoms with Gasteiger partial charge in [0.2, 0.25) is 5.91 Å². The maximum Gasteiger partial charge on any atom is 0.230 e. The Bertz CT molecular complexity index is 862. The number of thioether (sulfide) groups is 1. The van der Waals surface area contributed by atoms with Crippen molar-refractivity contribution in [2.75, 3.05) is 12.4 Å². The van der Waals surface area contributed by atoms with Crippen molar-refractivity contribution < 1.29 is 9.53 Å². The summed E-state index contributed by atoms with van der Waals surface area (Å²) in [7, 11) is 0. The summed E-state index contributed by atoms with van der Waals surface area (Å²) in [4.78, 5) is 16.9. The van der Waals surface area contributed by atoms with E-state index in [4.69, 9.17) is 4.74 Å². The molecule has 1 fully saturated rings. The molecule has 0 saturated heterocycles. The lowest BCUT2D eigenvalue weighted by Crippen LogP contribution is -2.41. The van der Waals surface area contributed by atoms with Crippen molar-refractivity contribution in [1.82, 2.24) is 10.3 Å². The molecule has 1 amide bonds. The van der Waals surface area contributed by atoms with E-state index in [1.807, 2.05) is 31.2 Å². The lowest BCUT2D eigenvalue weighted by atomic mass is 9.86. The Labute approximate surface area is 164 Å². The number of ether oxygens (including phenoxy) is 1. The standard InChI is InChI=1S/C21H25N3O2S/c1-3-26-17-8-9-19-15(11-17)10-16(12-22)21(24-19)27-13-20(25)23-18-7-5-4-6-14(18)2/h8-11,14,18H,3-7,13H2,1-2H3,(H,23,25)/t14-,18-/m0/s1. The van der Waals surface area contributed by atoms with Crippen LogP contribution in [0.15, 0.2) is 29.3 Å². The highest BCUT2D eigenvalue weighted by Gasteiger charge is 2.23. The Hall–Kier alpha value is -2.26. The average molecular weight is 384 g/mol. The van der Waals surface area contributed by atoms with Gasteiger partial charge in [-0.3, -0.25) is 4.79 Å². The average Bonchev–Trinajstić information content (AvgIpc) is 2.67. The number of fused-ring (bicyclic) bond motifs is 1. The molecule has 6 heteroatoms. The highest BCUT2D eigenvalue weighted by molar-refractivity contribution is 8.00. The number of carbonyl (C=O) groups excluding carboxylic acids is 1. The molecule has 0 aliphatic heterocycles. The predicted molar refractivity (Wildman–Crippen MR) is 108 cm³/mol. The number of hydrogen-bond donors (Lipinski definition) is 1. The third-order valence-electron chi connectivity index (χ3n) is 4.98. The second-order valence-corrected chi connectivity index (χ2v) is 7.93. The zero-order chi connectivity index (χ0) is 19.2. The van der Waals surface area contributed by atoms with Crippen molar-refractivity contribution >= 4 is 28.6 Å². The van der Waals surface area contributed by atoms with Gasteiger partial charge in [0.1, 0.15) is 16.8 Å². The number of rotatable bonds is 6. The summed E-state index contributed by atoms with van der Waals surface area (Å²) in [5.74, 6) is 1.57. The first-order valence-electron chi connectivity index (χ1n) is 9.50. The molecule has 3 rings (SSSR count). The zero-order valence-electron chi connectivity index (χ0n) is 15.8. The molecule has 142 valence electrons. The van der Waals surface area contributed by atoms with Crippen molar-refractivity contribution in [3.05, 3.63) is 29.8 Å². The SMILES string of the molecule is CCOc1ccc2nc(SCC(=O)N[C@H]3CCCC[C@@H]3C)c(C#N)cc2c1. The fourth-order valence-corrected chi connectivity index (χ4v) is 4.27. The Morgan fingerprint density at radius 2 is 2.19 bits per heavy atom. The largest absolute Gasteiger partial charge is 0.494 e. The summed E-state index contributed by atoms with van der Waals surface area (Å²) in [6.45, 7) is 4.72. The molecule has 1 aromatic heterocycles. The fourth-order valence-electron chi connectivity index (χ4n) is 3.50. The number of amides is 1. The van der Waals surface area contributed by atoms with E-state index in [2.05, 4.69) is 23.3 Å². The van der Waals surface area contributed by atoms with Crippen molar-refractivity contribution in [3.8, 4) is 11.8 Å². The Kier molecular flexibility index (Phi) is 6.57. The molecular weight excluding hydrogens is 358 g/mol. The molecule has 5 nitrogen and oxygen atoms in total. The number of nitrogens with zero attached hydrogens (tertiary/aromatic N) is 2. The third-order valence-corrected chi connectivity index (χ3v) is 5.97. The number of pyridine rings is 1. The van der Waals surface area contributed by atoms with Crippen LogP contribution in [-0.4, -0.2) is 29.3 Å². The number of nitrogens with one attached hydrogen (secondary N) is 1. The van der Waals surface area contributed by atoms with Crippen LogP contribution >= 0.6 is 11.8 Å². The number of hydrogen-bond acceptors (Lipinski definition) is 5. The molecule has 27 heavy (non-hydrogen) atoms. The van der Waals surface area contributed by atoms with E-state index in [0.29, 0.717) is 23.1 Å². The Morgan fingerprint density at radius 1 is 1.37 bits per heavy atom. The number of nitriles is 1. The minimum absolute atomic E-state index is 0.0104. The van der Waals surface area contributed by atoms with Gasteiger partial charge in [-0.05, 0) is 49.9 Å². The van der Waals surface area contributed by atoms with Crippen LogP contribution in [0.2, 0.25) is 0 Å². The van der Waals surface area contributed by atoms with E-state index in [-0.39, 0.29) is 17.7 Å². The monoisotopic (exact) mass is 383 g/mol. The van der Waals surface area contributed by atoms with Gasteiger partial charge in [-0.2, -0.15) is 5.26 Å². The van der Waals surface area contributed by atoms with Crippen LogP contribution < -0.4 is 10.1 Å². The fraction of sp³-hybridized carbons (Fsp3) is 0.476. The van der Waals surface area contributed by atoms with Gasteiger partial charge in [0, 0.05) is 11.4 Å². The summed E-state index contributed by atoms with van der Waals surface area (Å²) < 4.78 is 5.51. The van der Waals surface area contributed by atoms with Crippen molar-refractivity contribution in [3.63, 3.8) is 0 Å². The molecule has 1 aromatic carbocycles. The van der Waals surface area contributed by atoms with Gasteiger partial charge in [-0.25, -0.2) is 4.98 Å². The first-order valence-corrected chi connectivity index (χ1v) is 10.5. The molecule has 1 aliphatic carbocycles. The molecule has 0 radical (unpaired) electrons. The van der Waals surface area contributed by atoms with Gasteiger partial charge in [0.25, 0.3) is 0 Å². The van der Waals surface area contributed by atoms with Crippen LogP contribution in [0.3, 0.4) is 0 Å². The van der Waals surface area contributed by atoms with Crippen molar-refractivity contribution in [2.24, 2.45) is 5.92 Å². The van der Waals surface area contributed by atoms with Gasteiger partial charge in [-0.15, -0.1) is 0 Å². The normalized spacial score (nSPS) is 19.4. The van der Waals surface area contributed by atoms with E-state index in [1.54, 1.807) is 0 Å². The minimum Gasteiger partial charge on any atom is -0.494 e. The van der Waals surface area contributed by atoms with E-state index < -0.39 is 0 Å². The highest BCUT2D eigenvalue weighted by atomic mass is 32.2. The van der Waals surface area contributed by atoms with Gasteiger partial charge in [0.15, 0.2) is 0 Å². The second kappa shape index (κ2) is 9.09. The van der Waals surface area contributed by atoms with E-state index in [1.165, 1.54) is 31.0 Å². The highest BCUT2D eigenvalue weighted by Crippen LogP contribution is 2.28. The summed E-state index contributed by atoms with van der Waals surface area (Å²) in [5.41, 5.74) is 1.28. The smallest absolute Gasteiger partial charge is 0.230 e. The molecule has 1 N–H and O–H groups in total. The molecular formula is C21H25N3O2S. The van der Waals surface area contributed by atoms with Crippen LogP contribution in [0, 0.1) is 17.2 Å². The molecule has 0 bridgehead atoms. The van der Waals surface area contributed by atoms with Crippen LogP contribution in [0.4, 0.5) is 0 Å². The van der Waals surface area contributed by atoms with Gasteiger partial charge in [0.05, 0.1) is 23.4 Å². The lowest BCUT2D eigenvalue weighted by Gasteiger charge is -2.29. The lowest BCUT2D eigenvalue weighted by molar-refractivity contribution is -0.119. The molecule has 2 atom stereocenters. The Balaban J connectivity index is 1.69. The number of benzene rings is 1. The summed E-state index contributed by atoms with van der Waals surface area (Å²) in [6, 6.07) is 9.92. The predicted octanol–water partition coefficient (Wildman–Crippen LogP) is 4.29. The second-order valence-electron chi connectivity index (χ2n) is 6.96. The summed E-state index contributed by atoms with van der Waals surface area (Å²) in [5, 5.41) is 14.1. The minimum atomic E-state index is 0.0104. The van der Waals surface area contributed by atoms with E-state index in [9.17, 15) is 10.1 Å². The molecule has 1 aliphatic rings. The van der Waals surface area contributed by atoms with Crippen LogP contribution in [-0.2, 0) is 4.79 Å². The number of aromatic nitrogens is 1. The molecule has 2 aromatic rings. The topological polar surface area (TPSA) is 75.0 Å². The van der Waals surface area contributed by atoms with Crippen molar-refractivity contribution in [1.29, 1.82) is 5.26 Å². The molecule has 0 spiro atoms. The van der Waals surface area contributed by atoms with E-state index in [0.717, 1.165) is 23.1 Å². The van der Waals surface area contributed by atoms with Gasteiger partial charge < -0.3 is 10.1 Å². The molecule has 1 heterocycles. The zero-order valence-corrected chi connectivity index (χ0v) is 16.6. The maximum absolute atomic E-state index is 12.4. The Morgan fingerprint density at radius 3 is 2.93 bits per heavy atom. The van der Waals surface area contributed by atoms with E-state index >= 15 is 0 Å². The van der Waals surface area contributed by atoms with Crippen LogP contribution in [0.5, 0.6) is 5.75 Å². The first-order chi connectivity index (χ1) is 13.1. The molecule has 0 unspecified atom stereocenters. The van der Waals surface area contributed by atoms with Gasteiger partial charge >= 0.3 is 0 Å². The third kappa shape index (κ3) is 4.92. The number of carbonyl (C=O) groups is 1. The van der Waals surface area contributed by atoms with Crippen molar-refractivity contribution in [2.45, 2.75) is 50.6 Å². The van der Waals surface area contributed by atoms with Gasteiger partial charge in [-0.1, -0.05) is 31.5 Å². The maximum atomic E-state index is 12.4. The van der Waals surface area contributed by atoms with Crippen LogP contribution in [0.25, 0.3) is 10.9 Å². The van der Waals surface area contributed by atoms with Crippen LogP contribution in [0.1, 0.15) is 45.1 Å². The quantitative estimate of drug-likeness (QED) is 0.753. The summed E-state index contributed by atoms with van der Waals surface area (Å²) in [6.07, 6.45) is 4.65. The first kappa shape index (κ1) is 19.5. The summed E-state index contributed by atoms with van der Waals surface area (Å²) >= 11 is 1.32.